The molecule has 19 heavy (non-hydrogen) atoms. The maximum atomic E-state index is 9.36. The number of hydrogen-bond acceptors (Lipinski definition) is 6. The number of rotatable bonds is 5. The molecule has 0 spiro atoms. The van der Waals surface area contributed by atoms with Gasteiger partial charge >= 0.3 is 0 Å². The van der Waals surface area contributed by atoms with Crippen molar-refractivity contribution in [2.75, 3.05) is 30.9 Å². The van der Waals surface area contributed by atoms with Crippen LogP contribution in [0.25, 0.3) is 10.9 Å². The van der Waals surface area contributed by atoms with Gasteiger partial charge in [-0.3, -0.25) is 4.98 Å². The number of pyridine rings is 1. The van der Waals surface area contributed by atoms with Crippen LogP contribution >= 0.6 is 0 Å². The first-order valence-corrected chi connectivity index (χ1v) is 5.90. The van der Waals surface area contributed by atoms with Gasteiger partial charge in [0.2, 0.25) is 0 Å². The molecule has 0 saturated heterocycles. The minimum Gasteiger partial charge on any atom is -0.396 e. The summed E-state index contributed by atoms with van der Waals surface area (Å²) >= 11 is 0. The van der Waals surface area contributed by atoms with Gasteiger partial charge in [0.25, 0.3) is 0 Å². The van der Waals surface area contributed by atoms with Crippen LogP contribution in [-0.4, -0.2) is 45.7 Å². The van der Waals surface area contributed by atoms with Crippen LogP contribution in [0.4, 0.5) is 11.4 Å². The second-order valence-electron chi connectivity index (χ2n) is 4.49. The predicted octanol–water partition coefficient (Wildman–Crippen LogP) is -0.0554. The molecular formula is C13H17N3O3. The molecule has 2 aromatic rings. The second-order valence-corrected chi connectivity index (χ2v) is 4.49. The number of hydrogen-bond donors (Lipinski definition) is 5. The summed E-state index contributed by atoms with van der Waals surface area (Å²) in [6.07, 6.45) is 1.50. The lowest BCUT2D eigenvalue weighted by Crippen LogP contribution is -2.49. The third kappa shape index (κ3) is 2.46. The Hall–Kier alpha value is -1.89. The molecule has 102 valence electrons. The summed E-state index contributed by atoms with van der Waals surface area (Å²) in [5.41, 5.74) is 6.33. The van der Waals surface area contributed by atoms with Crippen LogP contribution in [0.2, 0.25) is 0 Å². The number of nitrogens with zero attached hydrogens (tertiary/aromatic N) is 1. The summed E-state index contributed by atoms with van der Waals surface area (Å²) in [6, 6.07) is 7.36. The zero-order valence-electron chi connectivity index (χ0n) is 10.4. The average molecular weight is 263 g/mol. The molecule has 0 aliphatic rings. The molecule has 0 bridgehead atoms. The summed E-state index contributed by atoms with van der Waals surface area (Å²) < 4.78 is 0. The first-order chi connectivity index (χ1) is 9.15. The molecule has 0 aliphatic heterocycles. The van der Waals surface area contributed by atoms with E-state index in [9.17, 15) is 15.3 Å². The lowest BCUT2D eigenvalue weighted by atomic mass is 10.0. The molecule has 0 radical (unpaired) electrons. The molecule has 0 aliphatic carbocycles. The van der Waals surface area contributed by atoms with Crippen LogP contribution in [0.3, 0.4) is 0 Å². The van der Waals surface area contributed by atoms with E-state index in [0.29, 0.717) is 11.4 Å². The Balaban J connectivity index is 2.52. The molecular weight excluding hydrogens is 246 g/mol. The third-order valence-electron chi connectivity index (χ3n) is 3.10. The van der Waals surface area contributed by atoms with Gasteiger partial charge in [-0.2, -0.15) is 0 Å². The van der Waals surface area contributed by atoms with Crippen molar-refractivity contribution >= 4 is 22.3 Å². The van der Waals surface area contributed by atoms with Gasteiger partial charge in [-0.25, -0.2) is 0 Å². The minimum atomic E-state index is -1.22. The van der Waals surface area contributed by atoms with Gasteiger partial charge in [0.1, 0.15) is 5.54 Å². The summed E-state index contributed by atoms with van der Waals surface area (Å²) in [5, 5.41) is 31.8. The maximum Gasteiger partial charge on any atom is 0.107 e. The number of benzene rings is 1. The summed E-state index contributed by atoms with van der Waals surface area (Å²) in [5.74, 6) is 0. The Morgan fingerprint density at radius 1 is 1.11 bits per heavy atom. The van der Waals surface area contributed by atoms with Crippen molar-refractivity contribution in [3.63, 3.8) is 0 Å². The van der Waals surface area contributed by atoms with Gasteiger partial charge < -0.3 is 26.4 Å². The lowest BCUT2D eigenvalue weighted by Gasteiger charge is -2.31. The molecule has 0 saturated carbocycles. The Kier molecular flexibility index (Phi) is 3.84. The van der Waals surface area contributed by atoms with Crippen molar-refractivity contribution in [3.8, 4) is 0 Å². The minimum absolute atomic E-state index is 0.387. The first kappa shape index (κ1) is 13.5. The maximum absolute atomic E-state index is 9.36. The quantitative estimate of drug-likeness (QED) is 0.517. The monoisotopic (exact) mass is 263 g/mol. The normalized spacial score (nSPS) is 11.7. The highest BCUT2D eigenvalue weighted by atomic mass is 16.3. The van der Waals surface area contributed by atoms with E-state index in [1.807, 2.05) is 24.3 Å². The van der Waals surface area contributed by atoms with Crippen molar-refractivity contribution in [1.82, 2.24) is 4.98 Å². The number of aromatic nitrogens is 1. The van der Waals surface area contributed by atoms with Gasteiger partial charge in [-0.15, -0.1) is 0 Å². The van der Waals surface area contributed by atoms with Crippen molar-refractivity contribution in [1.29, 1.82) is 0 Å². The van der Waals surface area contributed by atoms with Crippen LogP contribution in [0.5, 0.6) is 0 Å². The fraction of sp³-hybridized carbons (Fsp3) is 0.308. The molecule has 1 aromatic carbocycles. The van der Waals surface area contributed by atoms with Gasteiger partial charge in [0, 0.05) is 5.39 Å². The van der Waals surface area contributed by atoms with Crippen molar-refractivity contribution in [2.24, 2.45) is 0 Å². The van der Waals surface area contributed by atoms with E-state index >= 15 is 0 Å². The van der Waals surface area contributed by atoms with Crippen molar-refractivity contribution < 1.29 is 15.3 Å². The highest BCUT2D eigenvalue weighted by Crippen LogP contribution is 2.30. The third-order valence-corrected chi connectivity index (χ3v) is 3.10. The molecule has 0 fully saturated rings. The standard InChI is InChI=1S/C13H17N3O3/c14-10-5-15-11-4-2-1-3-9(11)12(10)16-13(6-17,7-18)8-19/h1-5,17-19H,6-8,14H2,(H,15,16). The van der Waals surface area contributed by atoms with E-state index in [1.54, 1.807) is 0 Å². The topological polar surface area (TPSA) is 112 Å². The molecule has 6 heteroatoms. The molecule has 0 amide bonds. The number of anilines is 2. The molecule has 0 atom stereocenters. The molecule has 1 aromatic heterocycles. The lowest BCUT2D eigenvalue weighted by molar-refractivity contribution is 0.0835. The highest BCUT2D eigenvalue weighted by molar-refractivity contribution is 5.97. The molecule has 2 rings (SSSR count). The SMILES string of the molecule is Nc1cnc2ccccc2c1NC(CO)(CO)CO. The van der Waals surface area contributed by atoms with Gasteiger partial charge in [-0.05, 0) is 6.07 Å². The first-order valence-electron chi connectivity index (χ1n) is 5.90. The highest BCUT2D eigenvalue weighted by Gasteiger charge is 2.29. The van der Waals surface area contributed by atoms with E-state index in [0.717, 1.165) is 10.9 Å². The number of nitrogens with one attached hydrogen (secondary N) is 1. The van der Waals surface area contributed by atoms with Crippen LogP contribution in [0, 0.1) is 0 Å². The predicted molar refractivity (Wildman–Crippen MR) is 73.8 cm³/mol. The molecule has 6 nitrogen and oxygen atoms in total. The van der Waals surface area contributed by atoms with Gasteiger partial charge in [-0.1, -0.05) is 18.2 Å². The number of nitrogens with two attached hydrogens (primary N) is 1. The molecule has 1 heterocycles. The fourth-order valence-corrected chi connectivity index (χ4v) is 1.83. The van der Waals surface area contributed by atoms with Crippen LogP contribution in [0.15, 0.2) is 30.5 Å². The molecule has 6 N–H and O–H groups in total. The zero-order valence-corrected chi connectivity index (χ0v) is 10.4. The number of nitrogen functional groups attached to an aromatic ring is 1. The van der Waals surface area contributed by atoms with Gasteiger partial charge in [0.05, 0.1) is 42.9 Å². The van der Waals surface area contributed by atoms with Crippen LogP contribution < -0.4 is 11.1 Å². The number of aliphatic hydroxyl groups excluding tert-OH is 3. The number of aliphatic hydroxyl groups is 3. The molecule has 0 unspecified atom stereocenters. The Morgan fingerprint density at radius 2 is 1.74 bits per heavy atom. The number of para-hydroxylation sites is 1. The average Bonchev–Trinajstić information content (AvgIpc) is 2.47. The zero-order chi connectivity index (χ0) is 13.9. The summed E-state index contributed by atoms with van der Waals surface area (Å²) in [4.78, 5) is 4.20. The van der Waals surface area contributed by atoms with E-state index < -0.39 is 25.4 Å². The Morgan fingerprint density at radius 3 is 2.37 bits per heavy atom. The smallest absolute Gasteiger partial charge is 0.107 e. The van der Waals surface area contributed by atoms with E-state index in [-0.39, 0.29) is 0 Å². The van der Waals surface area contributed by atoms with Crippen LogP contribution in [-0.2, 0) is 0 Å². The van der Waals surface area contributed by atoms with E-state index in [1.165, 1.54) is 6.20 Å². The van der Waals surface area contributed by atoms with Crippen molar-refractivity contribution in [3.05, 3.63) is 30.5 Å². The van der Waals surface area contributed by atoms with Gasteiger partial charge in [0.15, 0.2) is 0 Å². The second kappa shape index (κ2) is 5.40. The van der Waals surface area contributed by atoms with E-state index in [2.05, 4.69) is 10.3 Å². The van der Waals surface area contributed by atoms with Crippen LogP contribution in [0.1, 0.15) is 0 Å². The summed E-state index contributed by atoms with van der Waals surface area (Å²) in [7, 11) is 0. The Bertz CT molecular complexity index is 562. The number of fused-ring (bicyclic) bond motifs is 1. The Labute approximate surface area is 110 Å². The van der Waals surface area contributed by atoms with Crippen molar-refractivity contribution in [2.45, 2.75) is 5.54 Å². The fourth-order valence-electron chi connectivity index (χ4n) is 1.83. The summed E-state index contributed by atoms with van der Waals surface area (Å²) in [6.45, 7) is -1.26. The largest absolute Gasteiger partial charge is 0.396 e. The van der Waals surface area contributed by atoms with E-state index in [4.69, 9.17) is 5.73 Å².